The zero-order valence-electron chi connectivity index (χ0n) is 14.4. The zero-order valence-corrected chi connectivity index (χ0v) is 14.4. The van der Waals surface area contributed by atoms with E-state index < -0.39 is 0 Å². The second-order valence-corrected chi connectivity index (χ2v) is 7.38. The van der Waals surface area contributed by atoms with Crippen LogP contribution in [0.15, 0.2) is 36.5 Å². The van der Waals surface area contributed by atoms with Crippen LogP contribution in [0.1, 0.15) is 37.3 Å². The van der Waals surface area contributed by atoms with E-state index in [0.29, 0.717) is 6.54 Å². The first kappa shape index (κ1) is 16.5. The van der Waals surface area contributed by atoms with Gasteiger partial charge in [-0.05, 0) is 62.4 Å². The van der Waals surface area contributed by atoms with E-state index in [1.807, 2.05) is 30.5 Å². The smallest absolute Gasteiger partial charge is 0.234 e. The van der Waals surface area contributed by atoms with E-state index in [1.165, 1.54) is 12.8 Å². The molecule has 2 aromatic rings. The normalized spacial score (nSPS) is 24.8. The van der Waals surface area contributed by atoms with Gasteiger partial charge in [-0.2, -0.15) is 0 Å². The number of hydrogen-bond acceptors (Lipinski definition) is 4. The molecule has 0 bridgehead atoms. The number of para-hydroxylation sites is 1. The van der Waals surface area contributed by atoms with Crippen LogP contribution < -0.4 is 5.32 Å². The SMILES string of the molecule is O=C(CN1CCCC1)NC(c1cnc2ccccc2c1)C1CC(O)C1. The number of pyridine rings is 1. The highest BCUT2D eigenvalue weighted by atomic mass is 16.3. The average molecular weight is 339 g/mol. The molecule has 0 spiro atoms. The van der Waals surface area contributed by atoms with Crippen molar-refractivity contribution in [2.75, 3.05) is 19.6 Å². The third kappa shape index (κ3) is 3.67. The number of aromatic nitrogens is 1. The van der Waals surface area contributed by atoms with Crippen LogP contribution in [0, 0.1) is 5.92 Å². The van der Waals surface area contributed by atoms with Gasteiger partial charge in [-0.25, -0.2) is 0 Å². The minimum atomic E-state index is -0.239. The lowest BCUT2D eigenvalue weighted by molar-refractivity contribution is -0.124. The van der Waals surface area contributed by atoms with Gasteiger partial charge in [0.05, 0.1) is 24.2 Å². The van der Waals surface area contributed by atoms with E-state index in [2.05, 4.69) is 21.3 Å². The molecule has 2 heterocycles. The monoisotopic (exact) mass is 339 g/mol. The molecule has 0 radical (unpaired) electrons. The van der Waals surface area contributed by atoms with Gasteiger partial charge in [0.15, 0.2) is 0 Å². The Morgan fingerprint density at radius 1 is 1.28 bits per heavy atom. The highest BCUT2D eigenvalue weighted by Gasteiger charge is 2.36. The molecule has 25 heavy (non-hydrogen) atoms. The summed E-state index contributed by atoms with van der Waals surface area (Å²) in [5.41, 5.74) is 1.99. The van der Waals surface area contributed by atoms with Gasteiger partial charge in [-0.1, -0.05) is 18.2 Å². The van der Waals surface area contributed by atoms with Crippen LogP contribution in [0.4, 0.5) is 0 Å². The molecule has 4 rings (SSSR count). The summed E-state index contributed by atoms with van der Waals surface area (Å²) >= 11 is 0. The predicted molar refractivity (Wildman–Crippen MR) is 97.0 cm³/mol. The van der Waals surface area contributed by atoms with Crippen molar-refractivity contribution in [1.82, 2.24) is 15.2 Å². The van der Waals surface area contributed by atoms with Crippen molar-refractivity contribution in [3.05, 3.63) is 42.1 Å². The third-order valence-corrected chi connectivity index (χ3v) is 5.47. The lowest BCUT2D eigenvalue weighted by atomic mass is 9.75. The zero-order chi connectivity index (χ0) is 17.2. The molecule has 2 aliphatic rings. The van der Waals surface area contributed by atoms with Crippen molar-refractivity contribution < 1.29 is 9.90 Å². The minimum absolute atomic E-state index is 0.0708. The van der Waals surface area contributed by atoms with E-state index in [0.717, 1.165) is 42.4 Å². The highest BCUT2D eigenvalue weighted by molar-refractivity contribution is 5.80. The van der Waals surface area contributed by atoms with Crippen LogP contribution in [-0.2, 0) is 4.79 Å². The number of nitrogens with one attached hydrogen (secondary N) is 1. The quantitative estimate of drug-likeness (QED) is 0.877. The highest BCUT2D eigenvalue weighted by Crippen LogP contribution is 2.38. The van der Waals surface area contributed by atoms with Gasteiger partial charge in [-0.3, -0.25) is 14.7 Å². The molecule has 132 valence electrons. The van der Waals surface area contributed by atoms with Crippen molar-refractivity contribution in [3.63, 3.8) is 0 Å². The number of carbonyl (C=O) groups excluding carboxylic acids is 1. The number of nitrogens with zero attached hydrogens (tertiary/aromatic N) is 2. The molecule has 2 N–H and O–H groups in total. The van der Waals surface area contributed by atoms with E-state index in [-0.39, 0.29) is 24.0 Å². The third-order valence-electron chi connectivity index (χ3n) is 5.47. The fourth-order valence-electron chi connectivity index (χ4n) is 4.00. The molecule has 1 atom stereocenters. The lowest BCUT2D eigenvalue weighted by Crippen LogP contribution is -2.44. The number of aliphatic hydroxyl groups excluding tert-OH is 1. The second-order valence-electron chi connectivity index (χ2n) is 7.38. The van der Waals surface area contributed by atoms with E-state index in [4.69, 9.17) is 0 Å². The van der Waals surface area contributed by atoms with Crippen LogP contribution in [0.2, 0.25) is 0 Å². The van der Waals surface area contributed by atoms with Gasteiger partial charge >= 0.3 is 0 Å². The molecule has 1 aliphatic heterocycles. The summed E-state index contributed by atoms with van der Waals surface area (Å²) in [6.45, 7) is 2.49. The number of hydrogen-bond donors (Lipinski definition) is 2. The Balaban J connectivity index is 1.53. The van der Waals surface area contributed by atoms with E-state index in [1.54, 1.807) is 0 Å². The number of aliphatic hydroxyl groups is 1. The standard InChI is InChI=1S/C20H25N3O2/c24-17-10-15(11-17)20(22-19(25)13-23-7-3-4-8-23)16-9-14-5-1-2-6-18(14)21-12-16/h1-2,5-6,9,12,15,17,20,24H,3-4,7-8,10-11,13H2,(H,22,25). The van der Waals surface area contributed by atoms with Crippen molar-refractivity contribution in [2.45, 2.75) is 37.8 Å². The molecular weight excluding hydrogens is 314 g/mol. The summed E-state index contributed by atoms with van der Waals surface area (Å²) in [5.74, 6) is 0.349. The first-order chi connectivity index (χ1) is 12.2. The first-order valence-corrected chi connectivity index (χ1v) is 9.23. The molecule has 1 saturated carbocycles. The molecule has 2 fully saturated rings. The topological polar surface area (TPSA) is 65.5 Å². The van der Waals surface area contributed by atoms with Gasteiger partial charge in [-0.15, -0.1) is 0 Å². The van der Waals surface area contributed by atoms with E-state index >= 15 is 0 Å². The van der Waals surface area contributed by atoms with Crippen molar-refractivity contribution >= 4 is 16.8 Å². The second kappa shape index (κ2) is 7.10. The summed E-state index contributed by atoms with van der Waals surface area (Å²) in [5, 5.41) is 14.0. The number of rotatable bonds is 5. The summed E-state index contributed by atoms with van der Waals surface area (Å²) in [7, 11) is 0. The van der Waals surface area contributed by atoms with Crippen LogP contribution >= 0.6 is 0 Å². The van der Waals surface area contributed by atoms with Crippen molar-refractivity contribution in [3.8, 4) is 0 Å². The van der Waals surface area contributed by atoms with Crippen molar-refractivity contribution in [2.24, 2.45) is 5.92 Å². The number of benzene rings is 1. The van der Waals surface area contributed by atoms with Crippen molar-refractivity contribution in [1.29, 1.82) is 0 Å². The largest absolute Gasteiger partial charge is 0.393 e. The molecule has 1 saturated heterocycles. The molecule has 5 nitrogen and oxygen atoms in total. The van der Waals surface area contributed by atoms with Crippen LogP contribution in [-0.4, -0.2) is 46.6 Å². The average Bonchev–Trinajstić information content (AvgIpc) is 3.09. The Labute approximate surface area is 148 Å². The van der Waals surface area contributed by atoms with Gasteiger partial charge in [0.1, 0.15) is 0 Å². The van der Waals surface area contributed by atoms with Crippen LogP contribution in [0.25, 0.3) is 10.9 Å². The minimum Gasteiger partial charge on any atom is -0.393 e. The maximum atomic E-state index is 12.5. The Bertz CT molecular complexity index is 751. The van der Waals surface area contributed by atoms with Crippen LogP contribution in [0.5, 0.6) is 0 Å². The van der Waals surface area contributed by atoms with Crippen LogP contribution in [0.3, 0.4) is 0 Å². The molecule has 1 aromatic heterocycles. The molecular formula is C20H25N3O2. The maximum Gasteiger partial charge on any atom is 0.234 e. The Kier molecular flexibility index (Phi) is 4.68. The van der Waals surface area contributed by atoms with Gasteiger partial charge in [0, 0.05) is 11.6 Å². The van der Waals surface area contributed by atoms with E-state index in [9.17, 15) is 9.90 Å². The number of fused-ring (bicyclic) bond motifs is 1. The van der Waals surface area contributed by atoms with Gasteiger partial charge in [0.2, 0.25) is 5.91 Å². The molecule has 1 amide bonds. The Morgan fingerprint density at radius 2 is 2.04 bits per heavy atom. The molecule has 1 aliphatic carbocycles. The Morgan fingerprint density at radius 3 is 2.80 bits per heavy atom. The predicted octanol–water partition coefficient (Wildman–Crippen LogP) is 2.26. The summed E-state index contributed by atoms with van der Waals surface area (Å²) in [6, 6.07) is 10.1. The lowest BCUT2D eigenvalue weighted by Gasteiger charge is -2.38. The summed E-state index contributed by atoms with van der Waals surface area (Å²) in [6.07, 6.45) is 5.47. The first-order valence-electron chi connectivity index (χ1n) is 9.23. The molecule has 5 heteroatoms. The number of amides is 1. The molecule has 1 aromatic carbocycles. The maximum absolute atomic E-state index is 12.5. The number of likely N-dealkylation sites (tertiary alicyclic amines) is 1. The van der Waals surface area contributed by atoms with Gasteiger partial charge < -0.3 is 10.4 Å². The molecule has 1 unspecified atom stereocenters. The summed E-state index contributed by atoms with van der Waals surface area (Å²) in [4.78, 5) is 19.3. The van der Waals surface area contributed by atoms with Gasteiger partial charge in [0.25, 0.3) is 0 Å². The number of carbonyl (C=O) groups is 1. The fraction of sp³-hybridized carbons (Fsp3) is 0.500. The summed E-state index contributed by atoms with van der Waals surface area (Å²) < 4.78 is 0. The fourth-order valence-corrected chi connectivity index (χ4v) is 4.00. The Hall–Kier alpha value is -1.98.